The number of nitrogens with one attached hydrogen (secondary N) is 1. The van der Waals surface area contributed by atoms with Gasteiger partial charge < -0.3 is 16.2 Å². The summed E-state index contributed by atoms with van der Waals surface area (Å²) in [6.45, 7) is 2.15. The van der Waals surface area contributed by atoms with Crippen molar-refractivity contribution >= 4 is 5.91 Å². The van der Waals surface area contributed by atoms with Crippen molar-refractivity contribution in [1.29, 1.82) is 0 Å². The smallest absolute Gasteiger partial charge is 0.237 e. The maximum atomic E-state index is 11.6. The SMILES string of the molecule is CC(O)CCNC(=O)[C@H](N)Cc1ccccc1. The Kier molecular flexibility index (Phi) is 5.66. The molecule has 2 atom stereocenters. The van der Waals surface area contributed by atoms with Crippen LogP contribution >= 0.6 is 0 Å². The number of amides is 1. The van der Waals surface area contributed by atoms with E-state index in [1.54, 1.807) is 6.92 Å². The number of benzene rings is 1. The molecule has 1 aromatic carbocycles. The second kappa shape index (κ2) is 7.04. The van der Waals surface area contributed by atoms with Crippen molar-refractivity contribution < 1.29 is 9.90 Å². The fourth-order valence-corrected chi connectivity index (χ4v) is 1.50. The van der Waals surface area contributed by atoms with E-state index in [1.807, 2.05) is 30.3 Å². The molecule has 0 aliphatic carbocycles. The molecule has 0 bridgehead atoms. The highest BCUT2D eigenvalue weighted by atomic mass is 16.3. The van der Waals surface area contributed by atoms with Gasteiger partial charge in [0.15, 0.2) is 0 Å². The van der Waals surface area contributed by atoms with Crippen LogP contribution in [0.1, 0.15) is 18.9 Å². The minimum absolute atomic E-state index is 0.172. The summed E-state index contributed by atoms with van der Waals surface area (Å²) >= 11 is 0. The third-order valence-corrected chi connectivity index (χ3v) is 2.50. The average molecular weight is 236 g/mol. The van der Waals surface area contributed by atoms with Crippen LogP contribution in [0.3, 0.4) is 0 Å². The molecule has 4 nitrogen and oxygen atoms in total. The molecule has 4 N–H and O–H groups in total. The lowest BCUT2D eigenvalue weighted by molar-refractivity contribution is -0.122. The van der Waals surface area contributed by atoms with Crippen LogP contribution in [0.5, 0.6) is 0 Å². The van der Waals surface area contributed by atoms with Gasteiger partial charge >= 0.3 is 0 Å². The summed E-state index contributed by atoms with van der Waals surface area (Å²) < 4.78 is 0. The molecule has 0 aliphatic heterocycles. The van der Waals surface area contributed by atoms with E-state index in [-0.39, 0.29) is 5.91 Å². The maximum absolute atomic E-state index is 11.6. The van der Waals surface area contributed by atoms with E-state index >= 15 is 0 Å². The molecular formula is C13H20N2O2. The third kappa shape index (κ3) is 5.47. The number of carbonyl (C=O) groups excluding carboxylic acids is 1. The molecule has 0 saturated heterocycles. The van der Waals surface area contributed by atoms with Gasteiger partial charge in [0.1, 0.15) is 0 Å². The Bertz CT molecular complexity index is 339. The maximum Gasteiger partial charge on any atom is 0.237 e. The van der Waals surface area contributed by atoms with E-state index in [1.165, 1.54) is 0 Å². The molecule has 94 valence electrons. The van der Waals surface area contributed by atoms with Gasteiger partial charge in [-0.15, -0.1) is 0 Å². The standard InChI is InChI=1S/C13H20N2O2/c1-10(16)7-8-15-13(17)12(14)9-11-5-3-2-4-6-11/h2-6,10,12,16H,7-9,14H2,1H3,(H,15,17)/t10?,12-/m1/s1. The topological polar surface area (TPSA) is 75.3 Å². The van der Waals surface area contributed by atoms with Crippen LogP contribution in [0.15, 0.2) is 30.3 Å². The highest BCUT2D eigenvalue weighted by Crippen LogP contribution is 2.01. The van der Waals surface area contributed by atoms with Crippen molar-refractivity contribution in [2.45, 2.75) is 31.9 Å². The summed E-state index contributed by atoms with van der Waals surface area (Å²) in [6.07, 6.45) is 0.672. The van der Waals surface area contributed by atoms with Gasteiger partial charge in [-0.25, -0.2) is 0 Å². The molecule has 17 heavy (non-hydrogen) atoms. The minimum atomic E-state index is -0.536. The number of aliphatic hydroxyl groups is 1. The predicted octanol–water partition coefficient (Wildman–Crippen LogP) is 0.444. The Hall–Kier alpha value is -1.39. The van der Waals surface area contributed by atoms with Gasteiger partial charge in [0, 0.05) is 6.54 Å². The van der Waals surface area contributed by atoms with Crippen molar-refractivity contribution in [3.05, 3.63) is 35.9 Å². The van der Waals surface area contributed by atoms with Crippen molar-refractivity contribution in [2.24, 2.45) is 5.73 Å². The normalized spacial score (nSPS) is 14.1. The van der Waals surface area contributed by atoms with E-state index in [0.717, 1.165) is 5.56 Å². The largest absolute Gasteiger partial charge is 0.393 e. The lowest BCUT2D eigenvalue weighted by atomic mass is 10.1. The predicted molar refractivity (Wildman–Crippen MR) is 67.4 cm³/mol. The third-order valence-electron chi connectivity index (χ3n) is 2.50. The Balaban J connectivity index is 2.32. The minimum Gasteiger partial charge on any atom is -0.393 e. The summed E-state index contributed by atoms with van der Waals surface area (Å²) in [5, 5.41) is 11.8. The highest BCUT2D eigenvalue weighted by molar-refractivity contribution is 5.81. The van der Waals surface area contributed by atoms with Gasteiger partial charge in [-0.05, 0) is 25.3 Å². The Morgan fingerprint density at radius 2 is 2.06 bits per heavy atom. The van der Waals surface area contributed by atoms with Crippen molar-refractivity contribution in [3.63, 3.8) is 0 Å². The van der Waals surface area contributed by atoms with Gasteiger partial charge in [-0.2, -0.15) is 0 Å². The van der Waals surface area contributed by atoms with Crippen LogP contribution in [0.25, 0.3) is 0 Å². The molecule has 0 aromatic heterocycles. The lowest BCUT2D eigenvalue weighted by Gasteiger charge is -2.12. The first-order chi connectivity index (χ1) is 8.09. The van der Waals surface area contributed by atoms with Crippen LogP contribution in [-0.2, 0) is 11.2 Å². The molecule has 0 radical (unpaired) electrons. The van der Waals surface area contributed by atoms with Crippen molar-refractivity contribution in [2.75, 3.05) is 6.54 Å². The fraction of sp³-hybridized carbons (Fsp3) is 0.462. The second-order valence-corrected chi connectivity index (χ2v) is 4.22. The van der Waals surface area contributed by atoms with Crippen LogP contribution in [0, 0.1) is 0 Å². The Morgan fingerprint density at radius 3 is 2.65 bits per heavy atom. The molecule has 4 heteroatoms. The summed E-state index contributed by atoms with van der Waals surface area (Å²) in [5.74, 6) is -0.172. The van der Waals surface area contributed by atoms with Gasteiger partial charge in [-0.3, -0.25) is 4.79 Å². The van der Waals surface area contributed by atoms with E-state index < -0.39 is 12.1 Å². The number of rotatable bonds is 6. The molecule has 0 aliphatic rings. The van der Waals surface area contributed by atoms with Crippen LogP contribution in [-0.4, -0.2) is 29.7 Å². The molecule has 1 amide bonds. The zero-order chi connectivity index (χ0) is 12.7. The van der Waals surface area contributed by atoms with Gasteiger partial charge in [0.2, 0.25) is 5.91 Å². The highest BCUT2D eigenvalue weighted by Gasteiger charge is 2.13. The van der Waals surface area contributed by atoms with Crippen LogP contribution in [0.4, 0.5) is 0 Å². The van der Waals surface area contributed by atoms with Crippen molar-refractivity contribution in [3.8, 4) is 0 Å². The van der Waals surface area contributed by atoms with Gasteiger partial charge in [0.25, 0.3) is 0 Å². The zero-order valence-corrected chi connectivity index (χ0v) is 10.1. The fourth-order valence-electron chi connectivity index (χ4n) is 1.50. The molecule has 0 heterocycles. The first-order valence-electron chi connectivity index (χ1n) is 5.85. The first kappa shape index (κ1) is 13.7. The summed E-state index contributed by atoms with van der Waals surface area (Å²) in [6, 6.07) is 9.14. The zero-order valence-electron chi connectivity index (χ0n) is 10.1. The monoisotopic (exact) mass is 236 g/mol. The number of hydrogen-bond donors (Lipinski definition) is 3. The summed E-state index contributed by atoms with van der Waals surface area (Å²) in [4.78, 5) is 11.6. The van der Waals surface area contributed by atoms with Gasteiger partial charge in [-0.1, -0.05) is 30.3 Å². The number of nitrogens with two attached hydrogens (primary N) is 1. The van der Waals surface area contributed by atoms with E-state index in [0.29, 0.717) is 19.4 Å². The first-order valence-corrected chi connectivity index (χ1v) is 5.85. The molecule has 0 spiro atoms. The second-order valence-electron chi connectivity index (χ2n) is 4.22. The van der Waals surface area contributed by atoms with Gasteiger partial charge in [0.05, 0.1) is 12.1 Å². The summed E-state index contributed by atoms with van der Waals surface area (Å²) in [7, 11) is 0. The molecule has 1 rings (SSSR count). The molecule has 1 unspecified atom stereocenters. The number of aliphatic hydroxyl groups excluding tert-OH is 1. The lowest BCUT2D eigenvalue weighted by Crippen LogP contribution is -2.42. The quantitative estimate of drug-likeness (QED) is 0.671. The van der Waals surface area contributed by atoms with E-state index in [2.05, 4.69) is 5.32 Å². The molecule has 0 fully saturated rings. The number of carbonyl (C=O) groups is 1. The number of hydrogen-bond acceptors (Lipinski definition) is 3. The average Bonchev–Trinajstić information content (AvgIpc) is 2.29. The Morgan fingerprint density at radius 1 is 1.41 bits per heavy atom. The Labute approximate surface area is 102 Å². The molecule has 0 saturated carbocycles. The van der Waals surface area contributed by atoms with E-state index in [4.69, 9.17) is 10.8 Å². The van der Waals surface area contributed by atoms with Crippen LogP contribution < -0.4 is 11.1 Å². The molecule has 1 aromatic rings. The van der Waals surface area contributed by atoms with Crippen LogP contribution in [0.2, 0.25) is 0 Å². The van der Waals surface area contributed by atoms with Crippen molar-refractivity contribution in [1.82, 2.24) is 5.32 Å². The molecular weight excluding hydrogens is 216 g/mol. The van der Waals surface area contributed by atoms with E-state index in [9.17, 15) is 4.79 Å². The summed E-state index contributed by atoms with van der Waals surface area (Å²) in [5.41, 5.74) is 6.84.